The molecule has 73 valence electrons. The number of rotatable bonds is 4. The van der Waals surface area contributed by atoms with Crippen molar-refractivity contribution in [2.45, 2.75) is 12.5 Å². The molecule has 0 bridgehead atoms. The Hall–Kier alpha value is -0.363. The van der Waals surface area contributed by atoms with Gasteiger partial charge in [-0.05, 0) is 47.2 Å². The molecule has 0 saturated heterocycles. The molecular weight excluding hydrogens is 307 g/mol. The van der Waals surface area contributed by atoms with Gasteiger partial charge in [0.1, 0.15) is 0 Å². The molecule has 1 aromatic carbocycles. The maximum Gasteiger partial charge on any atom is 0.338 e. The van der Waals surface area contributed by atoms with Gasteiger partial charge < -0.3 is 4.74 Å². The number of esters is 1. The van der Waals surface area contributed by atoms with E-state index in [4.69, 9.17) is 4.74 Å². The van der Waals surface area contributed by atoms with Gasteiger partial charge in [0.2, 0.25) is 0 Å². The average Bonchev–Trinajstić information content (AvgIpc) is 2.18. The van der Waals surface area contributed by atoms with Gasteiger partial charge in [0.15, 0.2) is 0 Å². The molecule has 1 rings (SSSR count). The van der Waals surface area contributed by atoms with E-state index in [2.05, 4.69) is 32.8 Å². The van der Waals surface area contributed by atoms with E-state index in [1.54, 1.807) is 6.07 Å². The maximum absolute atomic E-state index is 11.4. The van der Waals surface area contributed by atoms with Gasteiger partial charge in [-0.15, -0.1) is 0 Å². The van der Waals surface area contributed by atoms with Crippen LogP contribution in [-0.2, 0) is 4.74 Å². The SMILES string of the molecule is O=C(OCCC[Si])c1cccc(I)c1. The molecule has 0 spiro atoms. The van der Waals surface area contributed by atoms with E-state index in [0.29, 0.717) is 12.2 Å². The van der Waals surface area contributed by atoms with Crippen LogP contribution in [0.15, 0.2) is 24.3 Å². The fourth-order valence-electron chi connectivity index (χ4n) is 0.936. The van der Waals surface area contributed by atoms with E-state index in [1.807, 2.05) is 18.2 Å². The van der Waals surface area contributed by atoms with Gasteiger partial charge in [0, 0.05) is 13.8 Å². The van der Waals surface area contributed by atoms with Crippen LogP contribution in [0.4, 0.5) is 0 Å². The summed E-state index contributed by atoms with van der Waals surface area (Å²) in [6.07, 6.45) is 0.840. The number of halogens is 1. The molecular formula is C10H10IO2Si. The molecule has 4 heteroatoms. The minimum absolute atomic E-state index is 0.247. The van der Waals surface area contributed by atoms with Gasteiger partial charge in [-0.2, -0.15) is 0 Å². The van der Waals surface area contributed by atoms with Crippen LogP contribution in [0, 0.1) is 3.57 Å². The molecule has 0 aliphatic heterocycles. The molecule has 0 heterocycles. The molecule has 0 amide bonds. The van der Waals surface area contributed by atoms with Crippen molar-refractivity contribution in [2.75, 3.05) is 6.61 Å². The zero-order valence-electron chi connectivity index (χ0n) is 7.63. The third-order valence-corrected chi connectivity index (χ3v) is 2.64. The van der Waals surface area contributed by atoms with E-state index in [0.717, 1.165) is 16.0 Å². The Labute approximate surface area is 101 Å². The summed E-state index contributed by atoms with van der Waals surface area (Å²) in [4.78, 5) is 11.4. The lowest BCUT2D eigenvalue weighted by Gasteiger charge is -2.03. The molecule has 0 aromatic heterocycles. The lowest BCUT2D eigenvalue weighted by molar-refractivity contribution is 0.0505. The number of ether oxygens (including phenoxy) is 1. The van der Waals surface area contributed by atoms with Crippen LogP contribution < -0.4 is 0 Å². The van der Waals surface area contributed by atoms with Crippen LogP contribution in [0.1, 0.15) is 16.8 Å². The van der Waals surface area contributed by atoms with E-state index < -0.39 is 0 Å². The first-order valence-electron chi connectivity index (χ1n) is 4.31. The van der Waals surface area contributed by atoms with Crippen molar-refractivity contribution in [3.63, 3.8) is 0 Å². The number of carbonyl (C=O) groups excluding carboxylic acids is 1. The first-order valence-corrected chi connectivity index (χ1v) is 6.10. The van der Waals surface area contributed by atoms with E-state index >= 15 is 0 Å². The smallest absolute Gasteiger partial charge is 0.338 e. The molecule has 0 N–H and O–H groups in total. The number of benzene rings is 1. The third kappa shape index (κ3) is 3.79. The van der Waals surface area contributed by atoms with Gasteiger partial charge in [-0.3, -0.25) is 0 Å². The van der Waals surface area contributed by atoms with Crippen molar-refractivity contribution < 1.29 is 9.53 Å². The van der Waals surface area contributed by atoms with Gasteiger partial charge in [-0.1, -0.05) is 12.1 Å². The van der Waals surface area contributed by atoms with E-state index in [1.165, 1.54) is 0 Å². The van der Waals surface area contributed by atoms with Crippen LogP contribution in [0.3, 0.4) is 0 Å². The minimum Gasteiger partial charge on any atom is -0.462 e. The lowest BCUT2D eigenvalue weighted by atomic mass is 10.2. The predicted octanol–water partition coefficient (Wildman–Crippen LogP) is 2.42. The number of hydrogen-bond acceptors (Lipinski definition) is 2. The van der Waals surface area contributed by atoms with Crippen molar-refractivity contribution >= 4 is 38.8 Å². The standard InChI is InChI=1S/C10H10IO2Si/c11-9-4-1-3-8(7-9)10(12)13-5-2-6-14/h1,3-4,7H,2,5-6H2. The fraction of sp³-hybridized carbons (Fsp3) is 0.300. The van der Waals surface area contributed by atoms with Crippen molar-refractivity contribution in [1.29, 1.82) is 0 Å². The van der Waals surface area contributed by atoms with Gasteiger partial charge in [0.25, 0.3) is 0 Å². The normalized spacial score (nSPS) is 9.86. The molecule has 14 heavy (non-hydrogen) atoms. The van der Waals surface area contributed by atoms with E-state index in [9.17, 15) is 4.79 Å². The van der Waals surface area contributed by atoms with Gasteiger partial charge in [0.05, 0.1) is 12.2 Å². The Bertz CT molecular complexity index is 315. The highest BCUT2D eigenvalue weighted by Crippen LogP contribution is 2.09. The monoisotopic (exact) mass is 317 g/mol. The van der Waals surface area contributed by atoms with Crippen LogP contribution in [0.25, 0.3) is 0 Å². The molecule has 0 unspecified atom stereocenters. The Kier molecular flexibility index (Phi) is 5.17. The second kappa shape index (κ2) is 6.18. The average molecular weight is 317 g/mol. The Morgan fingerprint density at radius 2 is 2.29 bits per heavy atom. The van der Waals surface area contributed by atoms with Crippen molar-refractivity contribution in [3.8, 4) is 0 Å². The summed E-state index contributed by atoms with van der Waals surface area (Å²) in [5, 5.41) is 0. The summed E-state index contributed by atoms with van der Waals surface area (Å²) in [6.45, 7) is 0.466. The number of hydrogen-bond donors (Lipinski definition) is 0. The summed E-state index contributed by atoms with van der Waals surface area (Å²) in [7, 11) is 3.32. The molecule has 0 aliphatic carbocycles. The van der Waals surface area contributed by atoms with Gasteiger partial charge in [-0.25, -0.2) is 4.79 Å². The highest BCUT2D eigenvalue weighted by Gasteiger charge is 2.05. The Balaban J connectivity index is 2.52. The second-order valence-electron chi connectivity index (χ2n) is 2.75. The molecule has 3 radical (unpaired) electrons. The first kappa shape index (κ1) is 11.7. The molecule has 0 atom stereocenters. The summed E-state index contributed by atoms with van der Waals surface area (Å²) < 4.78 is 6.09. The van der Waals surface area contributed by atoms with E-state index in [-0.39, 0.29) is 5.97 Å². The van der Waals surface area contributed by atoms with Gasteiger partial charge >= 0.3 is 5.97 Å². The molecule has 0 fully saturated rings. The van der Waals surface area contributed by atoms with Crippen molar-refractivity contribution in [3.05, 3.63) is 33.4 Å². The number of carbonyl (C=O) groups is 1. The summed E-state index contributed by atoms with van der Waals surface area (Å²) in [6, 6.07) is 8.21. The summed E-state index contributed by atoms with van der Waals surface area (Å²) in [5.41, 5.74) is 0.617. The minimum atomic E-state index is -0.247. The summed E-state index contributed by atoms with van der Waals surface area (Å²) >= 11 is 2.17. The third-order valence-electron chi connectivity index (χ3n) is 1.61. The largest absolute Gasteiger partial charge is 0.462 e. The highest BCUT2D eigenvalue weighted by atomic mass is 127. The van der Waals surface area contributed by atoms with Crippen LogP contribution in [0.5, 0.6) is 0 Å². The quantitative estimate of drug-likeness (QED) is 0.369. The molecule has 0 saturated carbocycles. The Morgan fingerprint density at radius 1 is 1.50 bits per heavy atom. The van der Waals surface area contributed by atoms with Crippen molar-refractivity contribution in [2.24, 2.45) is 0 Å². The lowest BCUT2D eigenvalue weighted by Crippen LogP contribution is -2.06. The zero-order chi connectivity index (χ0) is 10.4. The van der Waals surface area contributed by atoms with Crippen LogP contribution >= 0.6 is 22.6 Å². The fourth-order valence-corrected chi connectivity index (χ4v) is 1.62. The predicted molar refractivity (Wildman–Crippen MR) is 64.6 cm³/mol. The van der Waals surface area contributed by atoms with Crippen LogP contribution in [-0.4, -0.2) is 22.8 Å². The Morgan fingerprint density at radius 3 is 2.93 bits per heavy atom. The highest BCUT2D eigenvalue weighted by molar-refractivity contribution is 14.1. The van der Waals surface area contributed by atoms with Crippen LogP contribution in [0.2, 0.25) is 6.04 Å². The maximum atomic E-state index is 11.4. The first-order chi connectivity index (χ1) is 6.74. The molecule has 0 aliphatic rings. The summed E-state index contributed by atoms with van der Waals surface area (Å²) in [5.74, 6) is -0.247. The topological polar surface area (TPSA) is 26.3 Å². The zero-order valence-corrected chi connectivity index (χ0v) is 10.8. The second-order valence-corrected chi connectivity index (χ2v) is 4.50. The molecule has 1 aromatic rings. The van der Waals surface area contributed by atoms with Crippen molar-refractivity contribution in [1.82, 2.24) is 0 Å². The molecule has 2 nitrogen and oxygen atoms in total.